The standard InChI is InChI=1S/C5H2Br2ClNO2/c6-2-1-3(5(8)9-10)11-4(2)7/h1,10H. The van der Waals surface area contributed by atoms with Gasteiger partial charge in [-0.05, 0) is 31.9 Å². The van der Waals surface area contributed by atoms with Crippen LogP contribution in [0, 0.1) is 0 Å². The van der Waals surface area contributed by atoms with Crippen LogP contribution in [0.25, 0.3) is 0 Å². The second-order valence-electron chi connectivity index (χ2n) is 1.62. The normalized spacial score (nSPS) is 12.1. The van der Waals surface area contributed by atoms with Gasteiger partial charge < -0.3 is 9.62 Å². The largest absolute Gasteiger partial charge is 0.445 e. The first-order valence-corrected chi connectivity index (χ1v) is 4.44. The van der Waals surface area contributed by atoms with Crippen LogP contribution in [0.3, 0.4) is 0 Å². The molecule has 1 aromatic rings. The van der Waals surface area contributed by atoms with Crippen molar-refractivity contribution in [2.75, 3.05) is 0 Å². The fourth-order valence-corrected chi connectivity index (χ4v) is 1.17. The van der Waals surface area contributed by atoms with Crippen LogP contribution in [0.15, 0.2) is 24.8 Å². The molecule has 1 rings (SSSR count). The molecular formula is C5H2Br2ClNO2. The number of hydrogen-bond acceptors (Lipinski definition) is 3. The summed E-state index contributed by atoms with van der Waals surface area (Å²) in [6.45, 7) is 0. The monoisotopic (exact) mass is 301 g/mol. The van der Waals surface area contributed by atoms with Crippen molar-refractivity contribution in [3.05, 3.63) is 21.0 Å². The Morgan fingerprint density at radius 2 is 2.27 bits per heavy atom. The molecule has 0 aliphatic carbocycles. The van der Waals surface area contributed by atoms with E-state index in [1.54, 1.807) is 6.07 Å². The molecule has 0 spiro atoms. The summed E-state index contributed by atoms with van der Waals surface area (Å²) in [7, 11) is 0. The molecule has 1 heterocycles. The zero-order valence-electron chi connectivity index (χ0n) is 5.01. The Morgan fingerprint density at radius 3 is 2.64 bits per heavy atom. The van der Waals surface area contributed by atoms with Crippen LogP contribution in [0.4, 0.5) is 0 Å². The zero-order valence-corrected chi connectivity index (χ0v) is 8.94. The lowest BCUT2D eigenvalue weighted by molar-refractivity contribution is 0.319. The topological polar surface area (TPSA) is 45.7 Å². The molecule has 0 amide bonds. The van der Waals surface area contributed by atoms with E-state index in [0.717, 1.165) is 0 Å². The Bertz CT molecular complexity index is 277. The molecule has 0 atom stereocenters. The molecule has 0 saturated heterocycles. The van der Waals surface area contributed by atoms with Crippen LogP contribution >= 0.6 is 43.5 Å². The van der Waals surface area contributed by atoms with Crippen LogP contribution in [0.5, 0.6) is 0 Å². The third kappa shape index (κ3) is 1.98. The van der Waals surface area contributed by atoms with Gasteiger partial charge in [-0.15, -0.1) is 0 Å². The van der Waals surface area contributed by atoms with Gasteiger partial charge >= 0.3 is 0 Å². The van der Waals surface area contributed by atoms with E-state index in [1.165, 1.54) is 0 Å². The lowest BCUT2D eigenvalue weighted by Gasteiger charge is -1.85. The molecule has 1 aromatic heterocycles. The van der Waals surface area contributed by atoms with Gasteiger partial charge in [-0.25, -0.2) is 0 Å². The molecular weight excluding hydrogens is 301 g/mol. The number of rotatable bonds is 1. The fraction of sp³-hybridized carbons (Fsp3) is 0. The Labute approximate surface area is 84.3 Å². The Balaban J connectivity index is 3.07. The Kier molecular flexibility index (Phi) is 2.98. The number of oxime groups is 1. The van der Waals surface area contributed by atoms with Crippen molar-refractivity contribution < 1.29 is 9.62 Å². The van der Waals surface area contributed by atoms with E-state index >= 15 is 0 Å². The highest BCUT2D eigenvalue weighted by Gasteiger charge is 2.09. The lowest BCUT2D eigenvalue weighted by atomic mass is 10.5. The van der Waals surface area contributed by atoms with Crippen LogP contribution in [0.2, 0.25) is 0 Å². The van der Waals surface area contributed by atoms with E-state index in [0.29, 0.717) is 14.9 Å². The molecule has 0 aromatic carbocycles. The SMILES string of the molecule is ON=C(Cl)c1cc(Br)c(Br)o1. The first-order chi connectivity index (χ1) is 5.15. The minimum Gasteiger partial charge on any atom is -0.445 e. The third-order valence-corrected chi connectivity index (χ3v) is 2.91. The first kappa shape index (κ1) is 9.09. The summed E-state index contributed by atoms with van der Waals surface area (Å²) in [5.74, 6) is 0.299. The molecule has 0 radical (unpaired) electrons. The van der Waals surface area contributed by atoms with E-state index in [-0.39, 0.29) is 5.17 Å². The van der Waals surface area contributed by atoms with Gasteiger partial charge in [0.15, 0.2) is 10.4 Å². The van der Waals surface area contributed by atoms with Crippen molar-refractivity contribution in [3.8, 4) is 0 Å². The molecule has 0 unspecified atom stereocenters. The van der Waals surface area contributed by atoms with Crippen LogP contribution < -0.4 is 0 Å². The van der Waals surface area contributed by atoms with E-state index in [9.17, 15) is 0 Å². The summed E-state index contributed by atoms with van der Waals surface area (Å²) in [6.07, 6.45) is 0. The third-order valence-electron chi connectivity index (χ3n) is 0.936. The van der Waals surface area contributed by atoms with Crippen LogP contribution in [0.1, 0.15) is 5.76 Å². The highest BCUT2D eigenvalue weighted by Crippen LogP contribution is 2.27. The zero-order chi connectivity index (χ0) is 8.43. The van der Waals surface area contributed by atoms with Crippen LogP contribution in [-0.2, 0) is 0 Å². The van der Waals surface area contributed by atoms with Crippen molar-refractivity contribution in [1.29, 1.82) is 0 Å². The lowest BCUT2D eigenvalue weighted by Crippen LogP contribution is -1.85. The summed E-state index contributed by atoms with van der Waals surface area (Å²) in [4.78, 5) is 0. The number of hydrogen-bond donors (Lipinski definition) is 1. The Hall–Kier alpha value is -0.0000000000000000555. The summed E-state index contributed by atoms with van der Waals surface area (Å²) in [6, 6.07) is 1.59. The average molecular weight is 303 g/mol. The molecule has 0 bridgehead atoms. The molecule has 0 fully saturated rings. The van der Waals surface area contributed by atoms with Gasteiger partial charge in [-0.2, -0.15) is 0 Å². The number of halogens is 3. The summed E-state index contributed by atoms with van der Waals surface area (Å²) < 4.78 is 6.24. The summed E-state index contributed by atoms with van der Waals surface area (Å²) >= 11 is 11.7. The van der Waals surface area contributed by atoms with Crippen LogP contribution in [-0.4, -0.2) is 10.4 Å². The maximum atomic E-state index is 8.25. The van der Waals surface area contributed by atoms with Crippen molar-refractivity contribution in [2.45, 2.75) is 0 Å². The van der Waals surface area contributed by atoms with Crippen molar-refractivity contribution in [3.63, 3.8) is 0 Å². The van der Waals surface area contributed by atoms with E-state index in [2.05, 4.69) is 37.0 Å². The maximum Gasteiger partial charge on any atom is 0.210 e. The number of nitrogens with zero attached hydrogens (tertiary/aromatic N) is 1. The Morgan fingerprint density at radius 1 is 1.64 bits per heavy atom. The molecule has 0 saturated carbocycles. The predicted molar refractivity (Wildman–Crippen MR) is 48.3 cm³/mol. The van der Waals surface area contributed by atoms with Crippen molar-refractivity contribution in [2.24, 2.45) is 5.16 Å². The second-order valence-corrected chi connectivity index (χ2v) is 3.56. The van der Waals surface area contributed by atoms with E-state index in [1.807, 2.05) is 0 Å². The molecule has 60 valence electrons. The second kappa shape index (κ2) is 3.60. The van der Waals surface area contributed by atoms with E-state index < -0.39 is 0 Å². The molecule has 0 aliphatic heterocycles. The van der Waals surface area contributed by atoms with Gasteiger partial charge in [0.1, 0.15) is 0 Å². The minimum absolute atomic E-state index is 0.0867. The molecule has 11 heavy (non-hydrogen) atoms. The van der Waals surface area contributed by atoms with Gasteiger partial charge in [0, 0.05) is 6.07 Å². The van der Waals surface area contributed by atoms with Gasteiger partial charge in [0.05, 0.1) is 4.47 Å². The van der Waals surface area contributed by atoms with Crippen molar-refractivity contribution in [1.82, 2.24) is 0 Å². The maximum absolute atomic E-state index is 8.25. The molecule has 0 aliphatic rings. The highest BCUT2D eigenvalue weighted by atomic mass is 79.9. The molecule has 3 nitrogen and oxygen atoms in total. The molecule has 1 N–H and O–H groups in total. The summed E-state index contributed by atoms with van der Waals surface area (Å²) in [5, 5.41) is 10.9. The number of furan rings is 1. The van der Waals surface area contributed by atoms with Crippen molar-refractivity contribution >= 4 is 48.6 Å². The summed E-state index contributed by atoms with van der Waals surface area (Å²) in [5.41, 5.74) is 0. The van der Waals surface area contributed by atoms with E-state index in [4.69, 9.17) is 21.2 Å². The van der Waals surface area contributed by atoms with Gasteiger partial charge in [-0.1, -0.05) is 16.8 Å². The predicted octanol–water partition coefficient (Wildman–Crippen LogP) is 3.18. The highest BCUT2D eigenvalue weighted by molar-refractivity contribution is 9.13. The first-order valence-electron chi connectivity index (χ1n) is 2.48. The van der Waals surface area contributed by atoms with Gasteiger partial charge in [-0.3, -0.25) is 0 Å². The average Bonchev–Trinajstić information content (AvgIpc) is 2.31. The fourth-order valence-electron chi connectivity index (χ4n) is 0.498. The molecule has 6 heteroatoms. The van der Waals surface area contributed by atoms with Gasteiger partial charge in [0.25, 0.3) is 0 Å². The van der Waals surface area contributed by atoms with Gasteiger partial charge in [0.2, 0.25) is 5.17 Å². The minimum atomic E-state index is -0.0867. The smallest absolute Gasteiger partial charge is 0.210 e. The quantitative estimate of drug-likeness (QED) is 0.492.